The van der Waals surface area contributed by atoms with Gasteiger partial charge in [-0.1, -0.05) is 0 Å². The molecule has 9 heteroatoms. The van der Waals surface area contributed by atoms with Crippen molar-refractivity contribution in [3.8, 4) is 0 Å². The molecule has 0 rings (SSSR count). The predicted octanol–water partition coefficient (Wildman–Crippen LogP) is -2.01. The number of aliphatic hydroxyl groups excluding tert-OH is 3. The Balaban J connectivity index is 5.91. The van der Waals surface area contributed by atoms with E-state index in [0.29, 0.717) is 0 Å². The van der Waals surface area contributed by atoms with Crippen LogP contribution < -0.4 is 5.73 Å². The molecule has 0 spiro atoms. The number of aliphatic hydroxyl groups is 3. The zero-order valence-electron chi connectivity index (χ0n) is 10.1. The SMILES string of the molecule is CC(O)[N+](C(C)O)(C(C)O)C(CN)S(=O)(=O)O. The zero-order valence-corrected chi connectivity index (χ0v) is 10.9. The van der Waals surface area contributed by atoms with Crippen LogP contribution in [0.4, 0.5) is 0 Å². The van der Waals surface area contributed by atoms with Crippen LogP contribution in [0.3, 0.4) is 0 Å². The van der Waals surface area contributed by atoms with Crippen LogP contribution in [0, 0.1) is 0 Å². The van der Waals surface area contributed by atoms with Crippen LogP contribution >= 0.6 is 0 Å². The molecule has 0 fully saturated rings. The summed E-state index contributed by atoms with van der Waals surface area (Å²) in [5.41, 5.74) is 5.27. The van der Waals surface area contributed by atoms with Crippen LogP contribution in [0.2, 0.25) is 0 Å². The standard InChI is InChI=1S/C8H20N2O6S/c1-5(11)10(6(2)12,7(3)13)8(4-9)17(14,15)16/h5-8,11-13H,4,9H2,1-3H3/p+1. The van der Waals surface area contributed by atoms with E-state index in [-0.39, 0.29) is 0 Å². The first-order chi connectivity index (χ1) is 7.52. The molecule has 0 aromatic heterocycles. The van der Waals surface area contributed by atoms with Gasteiger partial charge in [-0.2, -0.15) is 8.42 Å². The Labute approximate surface area is 101 Å². The van der Waals surface area contributed by atoms with Crippen LogP contribution in [0.15, 0.2) is 0 Å². The van der Waals surface area contributed by atoms with Crippen molar-refractivity contribution in [1.82, 2.24) is 0 Å². The summed E-state index contributed by atoms with van der Waals surface area (Å²) in [4.78, 5) is 0. The topological polar surface area (TPSA) is 141 Å². The van der Waals surface area contributed by atoms with Gasteiger partial charge in [-0.05, 0) is 0 Å². The van der Waals surface area contributed by atoms with Crippen molar-refractivity contribution in [3.05, 3.63) is 0 Å². The maximum Gasteiger partial charge on any atom is 0.320 e. The summed E-state index contributed by atoms with van der Waals surface area (Å²) in [7, 11) is -4.64. The summed E-state index contributed by atoms with van der Waals surface area (Å²) >= 11 is 0. The molecule has 4 unspecified atom stereocenters. The van der Waals surface area contributed by atoms with Gasteiger partial charge in [0.2, 0.25) is 5.37 Å². The highest BCUT2D eigenvalue weighted by atomic mass is 32.2. The molecule has 0 saturated heterocycles. The fourth-order valence-electron chi connectivity index (χ4n) is 2.19. The van der Waals surface area contributed by atoms with E-state index in [1.165, 1.54) is 20.8 Å². The monoisotopic (exact) mass is 273 g/mol. The fraction of sp³-hybridized carbons (Fsp3) is 1.00. The Morgan fingerprint density at radius 2 is 1.35 bits per heavy atom. The van der Waals surface area contributed by atoms with Gasteiger partial charge in [0.15, 0.2) is 18.7 Å². The molecule has 0 heterocycles. The quantitative estimate of drug-likeness (QED) is 0.214. The Hall–Kier alpha value is -0.290. The summed E-state index contributed by atoms with van der Waals surface area (Å²) in [6.45, 7) is 3.05. The molecule has 6 N–H and O–H groups in total. The van der Waals surface area contributed by atoms with Gasteiger partial charge in [0.25, 0.3) is 0 Å². The first-order valence-corrected chi connectivity index (χ1v) is 6.61. The first kappa shape index (κ1) is 16.7. The maximum atomic E-state index is 11.2. The van der Waals surface area contributed by atoms with E-state index in [1.807, 2.05) is 0 Å². The molecule has 0 aliphatic rings. The lowest BCUT2D eigenvalue weighted by molar-refractivity contribution is -1.05. The molecule has 0 aliphatic carbocycles. The lowest BCUT2D eigenvalue weighted by Gasteiger charge is -2.48. The zero-order chi connectivity index (χ0) is 14.0. The molecular weight excluding hydrogens is 252 g/mol. The molecule has 4 atom stereocenters. The van der Waals surface area contributed by atoms with Crippen molar-refractivity contribution in [2.75, 3.05) is 6.54 Å². The first-order valence-electron chi connectivity index (χ1n) is 5.11. The van der Waals surface area contributed by atoms with E-state index < -0.39 is 45.2 Å². The number of nitrogens with zero attached hydrogens (tertiary/aromatic N) is 1. The van der Waals surface area contributed by atoms with Crippen molar-refractivity contribution in [2.24, 2.45) is 5.73 Å². The lowest BCUT2D eigenvalue weighted by atomic mass is 10.2. The Bertz CT molecular complexity index is 318. The van der Waals surface area contributed by atoms with Gasteiger partial charge in [0.05, 0.1) is 6.54 Å². The average Bonchev–Trinajstić information content (AvgIpc) is 2.09. The summed E-state index contributed by atoms with van der Waals surface area (Å²) in [6, 6.07) is 0. The molecule has 0 aromatic carbocycles. The minimum atomic E-state index is -4.64. The Morgan fingerprint density at radius 1 is 1.06 bits per heavy atom. The van der Waals surface area contributed by atoms with Gasteiger partial charge in [-0.3, -0.25) is 4.55 Å². The minimum absolute atomic E-state index is 0.556. The smallest absolute Gasteiger partial charge is 0.320 e. The van der Waals surface area contributed by atoms with Gasteiger partial charge in [0, 0.05) is 20.8 Å². The van der Waals surface area contributed by atoms with Crippen molar-refractivity contribution in [1.29, 1.82) is 0 Å². The van der Waals surface area contributed by atoms with E-state index in [1.54, 1.807) is 0 Å². The van der Waals surface area contributed by atoms with E-state index in [2.05, 4.69) is 0 Å². The number of hydrogen-bond acceptors (Lipinski definition) is 6. The van der Waals surface area contributed by atoms with Gasteiger partial charge < -0.3 is 21.1 Å². The van der Waals surface area contributed by atoms with Gasteiger partial charge in [0.1, 0.15) is 0 Å². The van der Waals surface area contributed by atoms with Gasteiger partial charge in [-0.15, -0.1) is 0 Å². The van der Waals surface area contributed by atoms with Crippen molar-refractivity contribution in [3.63, 3.8) is 0 Å². The molecule has 8 nitrogen and oxygen atoms in total. The van der Waals surface area contributed by atoms with Crippen molar-refractivity contribution >= 4 is 10.1 Å². The summed E-state index contributed by atoms with van der Waals surface area (Å²) in [5, 5.41) is 27.3. The van der Waals surface area contributed by atoms with E-state index in [4.69, 9.17) is 10.3 Å². The molecule has 0 amide bonds. The van der Waals surface area contributed by atoms with Crippen LogP contribution in [0.5, 0.6) is 0 Å². The van der Waals surface area contributed by atoms with E-state index >= 15 is 0 Å². The van der Waals surface area contributed by atoms with Crippen molar-refractivity contribution < 1.29 is 32.8 Å². The number of hydrogen-bond donors (Lipinski definition) is 5. The highest BCUT2D eigenvalue weighted by Crippen LogP contribution is 2.28. The Morgan fingerprint density at radius 3 is 1.41 bits per heavy atom. The van der Waals surface area contributed by atoms with Gasteiger partial charge >= 0.3 is 10.1 Å². The predicted molar refractivity (Wildman–Crippen MR) is 59.7 cm³/mol. The molecule has 0 aliphatic heterocycles. The molecule has 0 aromatic rings. The highest BCUT2D eigenvalue weighted by Gasteiger charge is 2.54. The molecule has 0 saturated carbocycles. The second-order valence-electron chi connectivity index (χ2n) is 4.00. The molecule has 0 radical (unpaired) electrons. The fourth-order valence-corrected chi connectivity index (χ4v) is 3.43. The number of quaternary nitrogens is 1. The van der Waals surface area contributed by atoms with Crippen LogP contribution in [0.1, 0.15) is 20.8 Å². The number of nitrogens with two attached hydrogens (primary N) is 1. The minimum Gasteiger partial charge on any atom is -0.345 e. The third-order valence-corrected chi connectivity index (χ3v) is 4.23. The summed E-state index contributed by atoms with van der Waals surface area (Å²) < 4.78 is 30.5. The largest absolute Gasteiger partial charge is 0.345 e. The molecule has 104 valence electrons. The number of rotatable bonds is 6. The van der Waals surface area contributed by atoms with E-state index in [9.17, 15) is 23.7 Å². The summed E-state index contributed by atoms with van der Waals surface area (Å²) in [5.74, 6) is 0. The third-order valence-electron chi connectivity index (χ3n) is 2.99. The van der Waals surface area contributed by atoms with E-state index in [0.717, 1.165) is 0 Å². The normalized spacial score (nSPS) is 23.5. The molecule has 0 bridgehead atoms. The second-order valence-corrected chi connectivity index (χ2v) is 5.57. The average molecular weight is 273 g/mol. The second kappa shape index (κ2) is 5.57. The summed E-state index contributed by atoms with van der Waals surface area (Å²) in [6.07, 6.45) is -4.32. The van der Waals surface area contributed by atoms with Gasteiger partial charge in [-0.25, -0.2) is 4.48 Å². The molecular formula is C8H21N2O6S+. The molecule has 17 heavy (non-hydrogen) atoms. The third kappa shape index (κ3) is 2.94. The highest BCUT2D eigenvalue weighted by molar-refractivity contribution is 7.86. The Kier molecular flexibility index (Phi) is 5.47. The van der Waals surface area contributed by atoms with Crippen LogP contribution in [0.25, 0.3) is 0 Å². The maximum absolute atomic E-state index is 11.2. The van der Waals surface area contributed by atoms with Crippen LogP contribution in [-0.2, 0) is 10.1 Å². The van der Waals surface area contributed by atoms with Crippen LogP contribution in [-0.4, -0.2) is 63.4 Å². The van der Waals surface area contributed by atoms with Crippen molar-refractivity contribution in [2.45, 2.75) is 44.8 Å². The lowest BCUT2D eigenvalue weighted by Crippen LogP contribution is -2.72.